The molecule has 0 bridgehead atoms. The van der Waals surface area contributed by atoms with Gasteiger partial charge in [0.2, 0.25) is 5.95 Å². The second-order valence-electron chi connectivity index (χ2n) is 8.44. The second-order valence-corrected chi connectivity index (χ2v) is 8.44. The number of aliphatic hydroxyl groups is 1. The van der Waals surface area contributed by atoms with E-state index in [0.29, 0.717) is 17.9 Å². The highest BCUT2D eigenvalue weighted by atomic mass is 16.3. The van der Waals surface area contributed by atoms with E-state index < -0.39 is 0 Å². The molecule has 2 aliphatic rings. The van der Waals surface area contributed by atoms with Crippen LogP contribution < -0.4 is 16.0 Å². The number of rotatable bonds is 5. The summed E-state index contributed by atoms with van der Waals surface area (Å²) in [6.45, 7) is 6.05. The van der Waals surface area contributed by atoms with Gasteiger partial charge in [-0.05, 0) is 83.5 Å². The number of aromatic nitrogens is 3. The number of hydrogen-bond acceptors (Lipinski definition) is 7. The average molecular weight is 397 g/mol. The summed E-state index contributed by atoms with van der Waals surface area (Å²) in [6, 6.07) is 4.37. The molecule has 1 aliphatic heterocycles. The Balaban J connectivity index is 1.58. The summed E-state index contributed by atoms with van der Waals surface area (Å²) in [7, 11) is 0. The van der Waals surface area contributed by atoms with Gasteiger partial charge in [-0.2, -0.15) is 4.98 Å². The molecular weight excluding hydrogens is 364 g/mol. The van der Waals surface area contributed by atoms with E-state index in [1.807, 2.05) is 32.2 Å². The van der Waals surface area contributed by atoms with Crippen molar-refractivity contribution in [2.75, 3.05) is 23.7 Å². The predicted octanol–water partition coefficient (Wildman–Crippen LogP) is 3.41. The van der Waals surface area contributed by atoms with Crippen molar-refractivity contribution in [1.29, 1.82) is 0 Å². The van der Waals surface area contributed by atoms with E-state index in [0.717, 1.165) is 74.5 Å². The van der Waals surface area contributed by atoms with Crippen molar-refractivity contribution >= 4 is 17.5 Å². The first-order chi connectivity index (χ1) is 14.1. The summed E-state index contributed by atoms with van der Waals surface area (Å²) in [6.07, 6.45) is 7.71. The predicted molar refractivity (Wildman–Crippen MR) is 116 cm³/mol. The molecule has 1 saturated heterocycles. The first-order valence-corrected chi connectivity index (χ1v) is 10.8. The van der Waals surface area contributed by atoms with Crippen molar-refractivity contribution in [3.8, 4) is 0 Å². The highest BCUT2D eigenvalue weighted by Gasteiger charge is 2.24. The molecule has 1 saturated carbocycles. The summed E-state index contributed by atoms with van der Waals surface area (Å²) < 4.78 is 0. The Morgan fingerprint density at radius 1 is 0.966 bits per heavy atom. The number of anilines is 3. The summed E-state index contributed by atoms with van der Waals surface area (Å²) in [5.41, 5.74) is 4.11. The van der Waals surface area contributed by atoms with Crippen LogP contribution in [-0.4, -0.2) is 45.3 Å². The zero-order chi connectivity index (χ0) is 20.2. The largest absolute Gasteiger partial charge is 0.393 e. The van der Waals surface area contributed by atoms with E-state index >= 15 is 0 Å². The molecule has 0 atom stereocenters. The quantitative estimate of drug-likeness (QED) is 0.615. The number of pyridine rings is 1. The van der Waals surface area contributed by atoms with Gasteiger partial charge in [0, 0.05) is 34.9 Å². The molecule has 2 fully saturated rings. The van der Waals surface area contributed by atoms with Gasteiger partial charge in [0.1, 0.15) is 5.82 Å². The van der Waals surface area contributed by atoms with Crippen molar-refractivity contribution in [2.45, 2.75) is 70.4 Å². The molecule has 2 aromatic rings. The zero-order valence-electron chi connectivity index (χ0n) is 17.4. The maximum atomic E-state index is 9.83. The van der Waals surface area contributed by atoms with Crippen LogP contribution in [-0.2, 0) is 0 Å². The normalized spacial score (nSPS) is 23.0. The molecule has 156 valence electrons. The Morgan fingerprint density at radius 2 is 1.66 bits per heavy atom. The minimum Gasteiger partial charge on any atom is -0.393 e. The first-order valence-electron chi connectivity index (χ1n) is 10.8. The third kappa shape index (κ3) is 5.22. The van der Waals surface area contributed by atoms with Gasteiger partial charge in [-0.3, -0.25) is 4.98 Å². The minimum absolute atomic E-state index is 0.155. The van der Waals surface area contributed by atoms with Gasteiger partial charge in [-0.15, -0.1) is 0 Å². The standard InChI is InChI=1S/C22H32N6O/c1-14-11-18(12-15(2)25-14)27-22-24-13-20(16-7-9-23-10-8-16)21(28-22)26-17-3-5-19(29)6-4-17/h11-13,16-17,19,23,29H,3-10H2,1-2H3,(H2,24,25,26,27,28). The van der Waals surface area contributed by atoms with Gasteiger partial charge in [-0.25, -0.2) is 4.98 Å². The Morgan fingerprint density at radius 3 is 2.34 bits per heavy atom. The van der Waals surface area contributed by atoms with Crippen molar-refractivity contribution in [3.05, 3.63) is 35.3 Å². The fourth-order valence-corrected chi connectivity index (χ4v) is 4.45. The van der Waals surface area contributed by atoms with Gasteiger partial charge in [0.25, 0.3) is 0 Å². The molecule has 3 heterocycles. The molecule has 4 rings (SSSR count). The van der Waals surface area contributed by atoms with Crippen LogP contribution in [0.25, 0.3) is 0 Å². The summed E-state index contributed by atoms with van der Waals surface area (Å²) in [4.78, 5) is 13.9. The molecule has 7 heteroatoms. The molecule has 29 heavy (non-hydrogen) atoms. The average Bonchev–Trinajstić information content (AvgIpc) is 2.70. The van der Waals surface area contributed by atoms with Crippen LogP contribution >= 0.6 is 0 Å². The Bertz CT molecular complexity index is 808. The number of nitrogens with zero attached hydrogens (tertiary/aromatic N) is 3. The van der Waals surface area contributed by atoms with E-state index in [1.54, 1.807) is 0 Å². The van der Waals surface area contributed by atoms with Crippen LogP contribution in [0.2, 0.25) is 0 Å². The fourth-order valence-electron chi connectivity index (χ4n) is 4.45. The third-order valence-corrected chi connectivity index (χ3v) is 5.97. The molecule has 0 amide bonds. The Kier molecular flexibility index (Phi) is 6.25. The summed E-state index contributed by atoms with van der Waals surface area (Å²) >= 11 is 0. The van der Waals surface area contributed by atoms with Gasteiger partial charge < -0.3 is 21.1 Å². The third-order valence-electron chi connectivity index (χ3n) is 5.97. The van der Waals surface area contributed by atoms with Crippen molar-refractivity contribution in [3.63, 3.8) is 0 Å². The molecule has 4 N–H and O–H groups in total. The maximum absolute atomic E-state index is 9.83. The second kappa shape index (κ2) is 9.05. The highest BCUT2D eigenvalue weighted by molar-refractivity contribution is 5.57. The van der Waals surface area contributed by atoms with E-state index in [2.05, 4.69) is 25.9 Å². The van der Waals surface area contributed by atoms with Gasteiger partial charge in [0.05, 0.1) is 6.10 Å². The lowest BCUT2D eigenvalue weighted by atomic mass is 9.90. The SMILES string of the molecule is Cc1cc(Nc2ncc(C3CCNCC3)c(NC3CCC(O)CC3)n2)cc(C)n1. The maximum Gasteiger partial charge on any atom is 0.229 e. The van der Waals surface area contributed by atoms with Crippen molar-refractivity contribution < 1.29 is 5.11 Å². The van der Waals surface area contributed by atoms with Crippen molar-refractivity contribution in [2.24, 2.45) is 0 Å². The number of hydrogen-bond donors (Lipinski definition) is 4. The van der Waals surface area contributed by atoms with Crippen LogP contribution in [0, 0.1) is 13.8 Å². The first kappa shape index (κ1) is 20.0. The zero-order valence-corrected chi connectivity index (χ0v) is 17.4. The monoisotopic (exact) mass is 396 g/mol. The molecule has 0 unspecified atom stereocenters. The van der Waals surface area contributed by atoms with Gasteiger partial charge in [-0.1, -0.05) is 0 Å². The molecule has 1 aliphatic carbocycles. The number of aryl methyl sites for hydroxylation is 2. The minimum atomic E-state index is -0.155. The Labute approximate surface area is 172 Å². The van der Waals surface area contributed by atoms with Crippen LogP contribution in [0.3, 0.4) is 0 Å². The number of piperidine rings is 1. The van der Waals surface area contributed by atoms with Crippen LogP contribution in [0.4, 0.5) is 17.5 Å². The molecule has 7 nitrogen and oxygen atoms in total. The Hall–Kier alpha value is -2.25. The van der Waals surface area contributed by atoms with Gasteiger partial charge in [0.15, 0.2) is 0 Å². The van der Waals surface area contributed by atoms with E-state index in [-0.39, 0.29) is 6.10 Å². The van der Waals surface area contributed by atoms with Gasteiger partial charge >= 0.3 is 0 Å². The summed E-state index contributed by atoms with van der Waals surface area (Å²) in [5, 5.41) is 20.3. The van der Waals surface area contributed by atoms with E-state index in [1.165, 1.54) is 5.56 Å². The molecule has 0 radical (unpaired) electrons. The van der Waals surface area contributed by atoms with Crippen LogP contribution in [0.1, 0.15) is 61.4 Å². The van der Waals surface area contributed by atoms with E-state index in [9.17, 15) is 5.11 Å². The fraction of sp³-hybridized carbons (Fsp3) is 0.591. The number of aliphatic hydroxyl groups excluding tert-OH is 1. The molecule has 2 aromatic heterocycles. The van der Waals surface area contributed by atoms with Crippen molar-refractivity contribution in [1.82, 2.24) is 20.3 Å². The molecular formula is C22H32N6O. The molecule has 0 aromatic carbocycles. The van der Waals surface area contributed by atoms with Crippen LogP contribution in [0.15, 0.2) is 18.3 Å². The smallest absolute Gasteiger partial charge is 0.229 e. The highest BCUT2D eigenvalue weighted by Crippen LogP contribution is 2.32. The lowest BCUT2D eigenvalue weighted by Gasteiger charge is -2.29. The topological polar surface area (TPSA) is 95.0 Å². The number of nitrogens with one attached hydrogen (secondary N) is 3. The lowest BCUT2D eigenvalue weighted by Crippen LogP contribution is -2.30. The van der Waals surface area contributed by atoms with E-state index in [4.69, 9.17) is 4.98 Å². The molecule has 0 spiro atoms. The summed E-state index contributed by atoms with van der Waals surface area (Å²) in [5.74, 6) is 2.02. The van der Waals surface area contributed by atoms with Crippen LogP contribution in [0.5, 0.6) is 0 Å². The lowest BCUT2D eigenvalue weighted by molar-refractivity contribution is 0.126.